The highest BCUT2D eigenvalue weighted by Crippen LogP contribution is 2.28. The van der Waals surface area contributed by atoms with Crippen molar-refractivity contribution in [1.29, 1.82) is 0 Å². The monoisotopic (exact) mass is 566 g/mol. The Morgan fingerprint density at radius 2 is 1.15 bits per heavy atom. The zero-order valence-corrected chi connectivity index (χ0v) is 22.4. The minimum atomic E-state index is -1.24. The predicted octanol–water partition coefficient (Wildman–Crippen LogP) is 0.280. The molecule has 3 atom stereocenters. The van der Waals surface area contributed by atoms with Crippen LogP contribution in [-0.2, 0) is 30.4 Å². The second kappa shape index (κ2) is 15.7. The van der Waals surface area contributed by atoms with Crippen molar-refractivity contribution < 1.29 is 49.5 Å². The number of hydrogen-bond donors (Lipinski definition) is 6. The smallest absolute Gasteiger partial charge is 0.317 e. The number of hydrogen-bond acceptors (Lipinski definition) is 9. The lowest BCUT2D eigenvalue weighted by molar-refractivity contribution is -0.146. The third-order valence-corrected chi connectivity index (χ3v) is 7.00. The Balaban J connectivity index is 2.49. The molecule has 1 saturated carbocycles. The Morgan fingerprint density at radius 1 is 0.725 bits per heavy atom. The van der Waals surface area contributed by atoms with Crippen LogP contribution in [0.3, 0.4) is 0 Å². The van der Waals surface area contributed by atoms with Crippen LogP contribution in [0.1, 0.15) is 31.2 Å². The van der Waals surface area contributed by atoms with Crippen molar-refractivity contribution in [3.63, 3.8) is 0 Å². The molecule has 0 saturated heterocycles. The second-order valence-electron chi connectivity index (χ2n) is 9.93. The van der Waals surface area contributed by atoms with Crippen LogP contribution in [-0.4, -0.2) is 135 Å². The van der Waals surface area contributed by atoms with E-state index >= 15 is 0 Å². The normalized spacial score (nSPS) is 18.0. The van der Waals surface area contributed by atoms with Crippen LogP contribution in [0.25, 0.3) is 0 Å². The zero-order valence-electron chi connectivity index (χ0n) is 22.4. The average Bonchev–Trinajstić information content (AvgIpc) is 2.86. The lowest BCUT2D eigenvalue weighted by Crippen LogP contribution is -2.59. The van der Waals surface area contributed by atoms with Crippen molar-refractivity contribution in [2.75, 3.05) is 51.6 Å². The van der Waals surface area contributed by atoms with Gasteiger partial charge in [-0.3, -0.25) is 38.7 Å². The van der Waals surface area contributed by atoms with Gasteiger partial charge in [-0.1, -0.05) is 25.0 Å². The first kappa shape index (κ1) is 32.5. The molecule has 1 aromatic carbocycles. The second-order valence-corrected chi connectivity index (χ2v) is 9.93. The highest BCUT2D eigenvalue weighted by Gasteiger charge is 2.38. The van der Waals surface area contributed by atoms with Crippen LogP contribution in [0.4, 0.5) is 5.69 Å². The summed E-state index contributed by atoms with van der Waals surface area (Å²) in [5.74, 6) is -6.09. The van der Waals surface area contributed by atoms with Gasteiger partial charge in [0.05, 0.1) is 32.7 Å². The van der Waals surface area contributed by atoms with Crippen LogP contribution in [0, 0.1) is 0 Å². The summed E-state index contributed by atoms with van der Waals surface area (Å²) in [6.07, 6.45) is 2.53. The minimum Gasteiger partial charge on any atom is -0.480 e. The Hall–Kier alpha value is -3.75. The van der Waals surface area contributed by atoms with Gasteiger partial charge in [0.1, 0.15) is 0 Å². The maximum absolute atomic E-state index is 12.0. The molecule has 0 aromatic heterocycles. The number of benzene rings is 1. The molecule has 1 aromatic rings. The van der Waals surface area contributed by atoms with E-state index in [4.69, 9.17) is 0 Å². The van der Waals surface area contributed by atoms with Crippen molar-refractivity contribution in [3.8, 4) is 0 Å². The Kier molecular flexibility index (Phi) is 12.8. The summed E-state index contributed by atoms with van der Waals surface area (Å²) in [6.45, 7) is -2.77. The van der Waals surface area contributed by atoms with E-state index in [0.717, 1.165) is 11.3 Å². The molecule has 1 aliphatic carbocycles. The molecule has 1 fully saturated rings. The maximum atomic E-state index is 12.0. The largest absolute Gasteiger partial charge is 0.480 e. The lowest BCUT2D eigenvalue weighted by atomic mass is 9.87. The van der Waals surface area contributed by atoms with Crippen molar-refractivity contribution in [3.05, 3.63) is 29.8 Å². The van der Waals surface area contributed by atoms with Gasteiger partial charge in [0.15, 0.2) is 0 Å². The summed E-state index contributed by atoms with van der Waals surface area (Å²) < 4.78 is 0. The molecule has 2 rings (SSSR count). The van der Waals surface area contributed by atoms with Crippen molar-refractivity contribution in [2.24, 2.45) is 0 Å². The van der Waals surface area contributed by atoms with E-state index in [1.54, 1.807) is 11.9 Å². The molecule has 0 spiro atoms. The fraction of sp³-hybridized carbons (Fsp3) is 0.577. The van der Waals surface area contributed by atoms with Gasteiger partial charge < -0.3 is 30.8 Å². The Morgan fingerprint density at radius 3 is 1.57 bits per heavy atom. The first-order valence-electron chi connectivity index (χ1n) is 13.0. The van der Waals surface area contributed by atoms with Gasteiger partial charge in [-0.25, -0.2) is 0 Å². The first-order chi connectivity index (χ1) is 18.9. The summed E-state index contributed by atoms with van der Waals surface area (Å²) in [7, 11) is 1.75. The van der Waals surface area contributed by atoms with E-state index in [1.165, 1.54) is 9.80 Å². The number of carboxylic acids is 5. The number of carbonyl (C=O) groups is 5. The van der Waals surface area contributed by atoms with E-state index in [-0.39, 0.29) is 13.0 Å². The zero-order chi connectivity index (χ0) is 29.8. The van der Waals surface area contributed by atoms with Gasteiger partial charge in [-0.2, -0.15) is 0 Å². The van der Waals surface area contributed by atoms with Crippen LogP contribution in [0.15, 0.2) is 24.3 Å². The predicted molar refractivity (Wildman–Crippen MR) is 142 cm³/mol. The summed E-state index contributed by atoms with van der Waals surface area (Å²) in [5, 5.41) is 50.6. The number of aliphatic carboxylic acids is 5. The molecule has 14 nitrogen and oxygen atoms in total. The molecular formula is C26H38N4O10. The quantitative estimate of drug-likeness (QED) is 0.141. The molecule has 14 heteroatoms. The summed E-state index contributed by atoms with van der Waals surface area (Å²) in [6, 6.07) is 5.38. The standard InChI is InChI=1S/C26H38N4O10/c1-27-18-8-6-17(7-9-18)10-19(28(12-22(31)32)13-23(33)34)11-29(14-24(35)36)20-4-2-3-5-21(20)30(15-25(37)38)16-26(39)40/h6-9,19-21,27H,2-5,10-16H2,1H3,(H,31,32)(H,33,34)(H,35,36)(H,37,38)(H,39,40). The van der Waals surface area contributed by atoms with Crippen molar-refractivity contribution in [1.82, 2.24) is 14.7 Å². The molecule has 0 heterocycles. The third-order valence-electron chi connectivity index (χ3n) is 7.00. The van der Waals surface area contributed by atoms with Gasteiger partial charge >= 0.3 is 29.8 Å². The summed E-state index contributed by atoms with van der Waals surface area (Å²) in [4.78, 5) is 62.6. The number of carboxylic acid groups (broad SMARTS) is 5. The number of anilines is 1. The molecule has 0 bridgehead atoms. The summed E-state index contributed by atoms with van der Waals surface area (Å²) in [5.41, 5.74) is 1.61. The Labute approximate surface area is 231 Å². The molecule has 40 heavy (non-hydrogen) atoms. The highest BCUT2D eigenvalue weighted by atomic mass is 16.4. The molecule has 222 valence electrons. The van der Waals surface area contributed by atoms with Crippen LogP contribution < -0.4 is 5.32 Å². The molecule has 3 unspecified atom stereocenters. The van der Waals surface area contributed by atoms with Gasteiger partial charge in [-0.15, -0.1) is 0 Å². The van der Waals surface area contributed by atoms with Crippen LogP contribution in [0.2, 0.25) is 0 Å². The van der Waals surface area contributed by atoms with E-state index < -0.39 is 80.7 Å². The van der Waals surface area contributed by atoms with E-state index in [1.807, 2.05) is 24.3 Å². The highest BCUT2D eigenvalue weighted by molar-refractivity contribution is 5.73. The molecule has 6 N–H and O–H groups in total. The molecule has 0 radical (unpaired) electrons. The Bertz CT molecular complexity index is 1000. The number of nitrogens with one attached hydrogen (secondary N) is 1. The SMILES string of the molecule is CNc1ccc(CC(CN(CC(=O)O)C2CCCCC2N(CC(=O)O)CC(=O)O)N(CC(=O)O)CC(=O)O)cc1. The fourth-order valence-corrected chi connectivity index (χ4v) is 5.39. The van der Waals surface area contributed by atoms with Crippen LogP contribution in [0.5, 0.6) is 0 Å². The van der Waals surface area contributed by atoms with Crippen LogP contribution >= 0.6 is 0 Å². The fourth-order valence-electron chi connectivity index (χ4n) is 5.39. The number of nitrogens with zero attached hydrogens (tertiary/aromatic N) is 3. The average molecular weight is 567 g/mol. The van der Waals surface area contributed by atoms with E-state index in [0.29, 0.717) is 25.7 Å². The third kappa shape index (κ3) is 10.8. The van der Waals surface area contributed by atoms with Gasteiger partial charge in [-0.05, 0) is 37.0 Å². The minimum absolute atomic E-state index is 0.0320. The summed E-state index contributed by atoms with van der Waals surface area (Å²) >= 11 is 0. The maximum Gasteiger partial charge on any atom is 0.317 e. The molecule has 0 amide bonds. The molecule has 0 aliphatic heterocycles. The lowest BCUT2D eigenvalue weighted by Gasteiger charge is -2.45. The van der Waals surface area contributed by atoms with Crippen molar-refractivity contribution in [2.45, 2.75) is 50.2 Å². The molecular weight excluding hydrogens is 528 g/mol. The van der Waals surface area contributed by atoms with Gasteiger partial charge in [0, 0.05) is 37.4 Å². The van der Waals surface area contributed by atoms with E-state index in [2.05, 4.69) is 5.32 Å². The van der Waals surface area contributed by atoms with E-state index in [9.17, 15) is 49.5 Å². The topological polar surface area (TPSA) is 208 Å². The first-order valence-corrected chi connectivity index (χ1v) is 13.0. The number of rotatable bonds is 18. The van der Waals surface area contributed by atoms with Crippen molar-refractivity contribution >= 4 is 35.5 Å². The van der Waals surface area contributed by atoms with Gasteiger partial charge in [0.2, 0.25) is 0 Å². The molecule has 1 aliphatic rings. The van der Waals surface area contributed by atoms with Gasteiger partial charge in [0.25, 0.3) is 0 Å².